The number of rotatable bonds is 8. The molecule has 1 amide bonds. The lowest BCUT2D eigenvalue weighted by Crippen LogP contribution is -2.15. The number of hydrogen-bond acceptors (Lipinski definition) is 6. The van der Waals surface area contributed by atoms with Gasteiger partial charge in [0.2, 0.25) is 5.89 Å². The molecule has 0 unspecified atom stereocenters. The Kier molecular flexibility index (Phi) is 5.68. The van der Waals surface area contributed by atoms with Gasteiger partial charge in [0, 0.05) is 11.8 Å². The molecule has 2 aromatic heterocycles. The van der Waals surface area contributed by atoms with E-state index in [9.17, 15) is 4.79 Å². The first-order valence-corrected chi connectivity index (χ1v) is 9.39. The number of benzene rings is 1. The molecule has 2 heterocycles. The summed E-state index contributed by atoms with van der Waals surface area (Å²) in [6.45, 7) is 4.24. The lowest BCUT2D eigenvalue weighted by Gasteiger charge is -2.16. The zero-order chi connectivity index (χ0) is 18.5. The van der Waals surface area contributed by atoms with Crippen molar-refractivity contribution in [3.63, 3.8) is 0 Å². The summed E-state index contributed by atoms with van der Waals surface area (Å²) in [5.41, 5.74) is 7.64. The molecule has 0 bridgehead atoms. The lowest BCUT2D eigenvalue weighted by molar-refractivity contribution is 0.0995. The van der Waals surface area contributed by atoms with Gasteiger partial charge in [-0.25, -0.2) is 9.97 Å². The van der Waals surface area contributed by atoms with E-state index in [-0.39, 0.29) is 11.7 Å². The molecule has 0 fully saturated rings. The fraction of sp³-hybridized carbons (Fsp3) is 0.316. The predicted octanol–water partition coefficient (Wildman–Crippen LogP) is 4.02. The lowest BCUT2D eigenvalue weighted by atomic mass is 10.0. The molecule has 3 N–H and O–H groups in total. The topological polar surface area (TPSA) is 94.0 Å². The summed E-state index contributed by atoms with van der Waals surface area (Å²) in [7, 11) is 0. The fourth-order valence-corrected chi connectivity index (χ4v) is 3.43. The standard InChI is InChI=1S/C19H22N4O2S/c1-12(2)8-15(18-22-16(10-25-18)17(20)24)23-19-21-14(11-26-19)9-13-6-4-3-5-7-13/h3-7,10-12,15H,8-9H2,1-2H3,(H2,20,24)(H,21,23)/t15-/m0/s1. The number of oxazole rings is 1. The SMILES string of the molecule is CC(C)C[C@H](Nc1nc(Cc2ccccc2)cs1)c1nc(C(N)=O)co1. The van der Waals surface area contributed by atoms with Crippen LogP contribution in [0.1, 0.15) is 53.9 Å². The first-order valence-electron chi connectivity index (χ1n) is 8.51. The Balaban J connectivity index is 1.73. The van der Waals surface area contributed by atoms with Crippen LogP contribution < -0.4 is 11.1 Å². The zero-order valence-electron chi connectivity index (χ0n) is 14.8. The van der Waals surface area contributed by atoms with E-state index in [1.54, 1.807) is 11.3 Å². The van der Waals surface area contributed by atoms with Crippen molar-refractivity contribution in [2.45, 2.75) is 32.7 Å². The first-order chi connectivity index (χ1) is 12.5. The molecule has 0 aliphatic carbocycles. The van der Waals surface area contributed by atoms with Gasteiger partial charge in [-0.2, -0.15) is 0 Å². The number of carbonyl (C=O) groups is 1. The Labute approximate surface area is 156 Å². The number of nitrogens with two attached hydrogens (primary N) is 1. The van der Waals surface area contributed by atoms with Gasteiger partial charge < -0.3 is 15.5 Å². The van der Waals surface area contributed by atoms with Crippen LogP contribution in [0.25, 0.3) is 0 Å². The average Bonchev–Trinajstić information content (AvgIpc) is 3.24. The van der Waals surface area contributed by atoms with Crippen LogP contribution in [-0.2, 0) is 6.42 Å². The molecular weight excluding hydrogens is 348 g/mol. The molecule has 0 radical (unpaired) electrons. The van der Waals surface area contributed by atoms with Crippen molar-refractivity contribution >= 4 is 22.4 Å². The molecule has 1 atom stereocenters. The summed E-state index contributed by atoms with van der Waals surface area (Å²) < 4.78 is 5.47. The van der Waals surface area contributed by atoms with Crippen molar-refractivity contribution in [2.24, 2.45) is 11.7 Å². The van der Waals surface area contributed by atoms with Crippen LogP contribution in [0.2, 0.25) is 0 Å². The van der Waals surface area contributed by atoms with Gasteiger partial charge in [-0.1, -0.05) is 44.2 Å². The summed E-state index contributed by atoms with van der Waals surface area (Å²) in [6, 6.07) is 10.1. The number of hydrogen-bond donors (Lipinski definition) is 2. The maximum Gasteiger partial charge on any atom is 0.270 e. The maximum atomic E-state index is 11.3. The number of nitrogens with zero attached hydrogens (tertiary/aromatic N) is 2. The highest BCUT2D eigenvalue weighted by atomic mass is 32.1. The largest absolute Gasteiger partial charge is 0.446 e. The predicted molar refractivity (Wildman–Crippen MR) is 102 cm³/mol. The van der Waals surface area contributed by atoms with Crippen molar-refractivity contribution < 1.29 is 9.21 Å². The molecular formula is C19H22N4O2S. The van der Waals surface area contributed by atoms with Crippen LogP contribution in [0.5, 0.6) is 0 Å². The normalized spacial score (nSPS) is 12.3. The molecule has 0 spiro atoms. The number of anilines is 1. The third-order valence-electron chi connectivity index (χ3n) is 3.86. The number of carbonyl (C=O) groups excluding carboxylic acids is 1. The number of nitrogens with one attached hydrogen (secondary N) is 1. The van der Waals surface area contributed by atoms with E-state index >= 15 is 0 Å². The monoisotopic (exact) mass is 370 g/mol. The number of amides is 1. The average molecular weight is 370 g/mol. The summed E-state index contributed by atoms with van der Waals surface area (Å²) >= 11 is 1.55. The summed E-state index contributed by atoms with van der Waals surface area (Å²) in [6.07, 6.45) is 2.89. The van der Waals surface area contributed by atoms with Crippen LogP contribution in [0.3, 0.4) is 0 Å². The molecule has 3 aromatic rings. The van der Waals surface area contributed by atoms with Crippen molar-refractivity contribution in [1.82, 2.24) is 9.97 Å². The molecule has 0 aliphatic heterocycles. The Morgan fingerprint density at radius 3 is 2.69 bits per heavy atom. The molecule has 7 heteroatoms. The Morgan fingerprint density at radius 1 is 1.27 bits per heavy atom. The van der Waals surface area contributed by atoms with E-state index in [1.165, 1.54) is 11.8 Å². The minimum absolute atomic E-state index is 0.138. The highest BCUT2D eigenvalue weighted by Crippen LogP contribution is 2.28. The molecule has 0 aliphatic rings. The second-order valence-electron chi connectivity index (χ2n) is 6.57. The molecule has 26 heavy (non-hydrogen) atoms. The Bertz CT molecular complexity index is 857. The van der Waals surface area contributed by atoms with Crippen LogP contribution >= 0.6 is 11.3 Å². The fourth-order valence-electron chi connectivity index (χ4n) is 2.66. The van der Waals surface area contributed by atoms with Crippen LogP contribution in [0, 0.1) is 5.92 Å². The van der Waals surface area contributed by atoms with E-state index in [2.05, 4.69) is 41.3 Å². The Morgan fingerprint density at radius 2 is 2.04 bits per heavy atom. The third-order valence-corrected chi connectivity index (χ3v) is 4.68. The smallest absolute Gasteiger partial charge is 0.270 e. The number of thiazole rings is 1. The summed E-state index contributed by atoms with van der Waals surface area (Å²) in [4.78, 5) is 20.1. The van der Waals surface area contributed by atoms with Gasteiger partial charge in [-0.3, -0.25) is 4.79 Å². The quantitative estimate of drug-likeness (QED) is 0.624. The molecule has 6 nitrogen and oxygen atoms in total. The van der Waals surface area contributed by atoms with Crippen LogP contribution in [0.15, 0.2) is 46.4 Å². The van der Waals surface area contributed by atoms with Crippen LogP contribution in [0.4, 0.5) is 5.13 Å². The second kappa shape index (κ2) is 8.14. The van der Waals surface area contributed by atoms with E-state index in [0.29, 0.717) is 11.8 Å². The van der Waals surface area contributed by atoms with E-state index in [0.717, 1.165) is 23.7 Å². The van der Waals surface area contributed by atoms with E-state index in [4.69, 9.17) is 10.2 Å². The third kappa shape index (κ3) is 4.70. The zero-order valence-corrected chi connectivity index (χ0v) is 15.6. The van der Waals surface area contributed by atoms with Crippen molar-refractivity contribution in [2.75, 3.05) is 5.32 Å². The highest BCUT2D eigenvalue weighted by Gasteiger charge is 2.21. The van der Waals surface area contributed by atoms with Gasteiger partial charge >= 0.3 is 0 Å². The van der Waals surface area contributed by atoms with Gasteiger partial charge in [-0.15, -0.1) is 11.3 Å². The van der Waals surface area contributed by atoms with Crippen LogP contribution in [-0.4, -0.2) is 15.9 Å². The number of aromatic nitrogens is 2. The van der Waals surface area contributed by atoms with Gasteiger partial charge in [0.25, 0.3) is 5.91 Å². The minimum atomic E-state index is -0.595. The molecule has 136 valence electrons. The second-order valence-corrected chi connectivity index (χ2v) is 7.43. The Hall–Kier alpha value is -2.67. The van der Waals surface area contributed by atoms with E-state index in [1.807, 2.05) is 23.6 Å². The highest BCUT2D eigenvalue weighted by molar-refractivity contribution is 7.13. The minimum Gasteiger partial charge on any atom is -0.446 e. The number of primary amides is 1. The maximum absolute atomic E-state index is 11.3. The van der Waals surface area contributed by atoms with Gasteiger partial charge in [-0.05, 0) is 17.9 Å². The van der Waals surface area contributed by atoms with Gasteiger partial charge in [0.1, 0.15) is 12.3 Å². The van der Waals surface area contributed by atoms with Crippen molar-refractivity contribution in [3.8, 4) is 0 Å². The molecule has 0 saturated heterocycles. The van der Waals surface area contributed by atoms with E-state index < -0.39 is 5.91 Å². The molecule has 3 rings (SSSR count). The molecule has 1 aromatic carbocycles. The van der Waals surface area contributed by atoms with Crippen molar-refractivity contribution in [1.29, 1.82) is 0 Å². The van der Waals surface area contributed by atoms with Gasteiger partial charge in [0.05, 0.1) is 5.69 Å². The summed E-state index contributed by atoms with van der Waals surface area (Å²) in [5.74, 6) is 0.273. The van der Waals surface area contributed by atoms with Crippen molar-refractivity contribution in [3.05, 3.63) is 64.8 Å². The first kappa shape index (κ1) is 18.1. The van der Waals surface area contributed by atoms with Gasteiger partial charge in [0.15, 0.2) is 10.8 Å². The summed E-state index contributed by atoms with van der Waals surface area (Å²) in [5, 5.41) is 6.24. The molecule has 0 saturated carbocycles.